The lowest BCUT2D eigenvalue weighted by Gasteiger charge is -2.21. The fraction of sp³-hybridized carbons (Fsp3) is 0.231. The fourth-order valence-electron chi connectivity index (χ4n) is 3.87. The van der Waals surface area contributed by atoms with E-state index >= 15 is 0 Å². The minimum atomic E-state index is -0.528. The maximum atomic E-state index is 13.7. The van der Waals surface area contributed by atoms with Crippen molar-refractivity contribution in [1.29, 1.82) is 0 Å². The zero-order chi connectivity index (χ0) is 23.0. The van der Waals surface area contributed by atoms with E-state index in [0.29, 0.717) is 12.1 Å². The van der Waals surface area contributed by atoms with Crippen LogP contribution in [0.4, 0.5) is 15.8 Å². The highest BCUT2D eigenvalue weighted by molar-refractivity contribution is 5.97. The first-order valence-electron chi connectivity index (χ1n) is 11.0. The lowest BCUT2D eigenvalue weighted by molar-refractivity contribution is -0.118. The molecule has 0 bridgehead atoms. The van der Waals surface area contributed by atoms with Gasteiger partial charge in [0.05, 0.1) is 11.3 Å². The molecule has 3 aromatic rings. The monoisotopic (exact) mass is 447 g/mol. The van der Waals surface area contributed by atoms with E-state index in [9.17, 15) is 14.0 Å². The number of amides is 2. The highest BCUT2D eigenvalue weighted by Crippen LogP contribution is 2.25. The lowest BCUT2D eigenvalue weighted by atomic mass is 10.1. The largest absolute Gasteiger partial charge is 0.483 e. The molecule has 170 valence electrons. The number of nitrogens with one attached hydrogen (secondary N) is 2. The van der Waals surface area contributed by atoms with E-state index in [2.05, 4.69) is 21.6 Å². The zero-order valence-corrected chi connectivity index (χ0v) is 18.2. The van der Waals surface area contributed by atoms with Crippen molar-refractivity contribution < 1.29 is 18.7 Å². The van der Waals surface area contributed by atoms with E-state index in [1.165, 1.54) is 25.0 Å². The summed E-state index contributed by atoms with van der Waals surface area (Å²) < 4.78 is 19.3. The summed E-state index contributed by atoms with van der Waals surface area (Å²) in [4.78, 5) is 27.4. The maximum Gasteiger partial charge on any atom is 0.262 e. The minimum absolute atomic E-state index is 0.0776. The molecule has 6 nitrogen and oxygen atoms in total. The van der Waals surface area contributed by atoms with Gasteiger partial charge in [0.15, 0.2) is 6.61 Å². The summed E-state index contributed by atoms with van der Waals surface area (Å²) in [7, 11) is 0. The van der Waals surface area contributed by atoms with Crippen molar-refractivity contribution in [1.82, 2.24) is 5.32 Å². The number of carbonyl (C=O) groups is 2. The van der Waals surface area contributed by atoms with Crippen molar-refractivity contribution in [2.24, 2.45) is 0 Å². The molecule has 1 fully saturated rings. The van der Waals surface area contributed by atoms with Crippen molar-refractivity contribution in [3.05, 3.63) is 89.7 Å². The number of nitrogens with zero attached hydrogens (tertiary/aromatic N) is 1. The summed E-state index contributed by atoms with van der Waals surface area (Å²) in [6, 6.07) is 20.7. The van der Waals surface area contributed by atoms with Crippen molar-refractivity contribution >= 4 is 23.2 Å². The first kappa shape index (κ1) is 22.3. The summed E-state index contributed by atoms with van der Waals surface area (Å²) in [6.07, 6.45) is 2.35. The normalized spacial score (nSPS) is 12.9. The molecule has 7 heteroatoms. The Balaban J connectivity index is 1.38. The van der Waals surface area contributed by atoms with Crippen LogP contribution in [-0.4, -0.2) is 31.5 Å². The molecule has 33 heavy (non-hydrogen) atoms. The van der Waals surface area contributed by atoms with E-state index in [-0.39, 0.29) is 24.0 Å². The smallest absolute Gasteiger partial charge is 0.262 e. The number of para-hydroxylation sites is 3. The van der Waals surface area contributed by atoms with Gasteiger partial charge in [-0.15, -0.1) is 0 Å². The molecule has 0 aromatic heterocycles. The van der Waals surface area contributed by atoms with Crippen LogP contribution in [0.1, 0.15) is 28.8 Å². The highest BCUT2D eigenvalue weighted by atomic mass is 19.1. The lowest BCUT2D eigenvalue weighted by Crippen LogP contribution is -2.26. The van der Waals surface area contributed by atoms with Gasteiger partial charge in [-0.25, -0.2) is 4.39 Å². The molecule has 0 unspecified atom stereocenters. The molecule has 0 aliphatic carbocycles. The maximum absolute atomic E-state index is 13.7. The molecule has 4 rings (SSSR count). The van der Waals surface area contributed by atoms with Gasteiger partial charge in [-0.05, 0) is 48.7 Å². The number of anilines is 2. The molecule has 3 aromatic carbocycles. The molecule has 1 saturated heterocycles. The van der Waals surface area contributed by atoms with Crippen LogP contribution in [0, 0.1) is 5.82 Å². The standard InChI is InChI=1S/C26H26FN3O3/c27-21-11-3-4-12-22(21)29-25(31)18-33-24-14-6-2-10-20(24)26(32)28-17-19-9-1-5-13-23(19)30-15-7-8-16-30/h1-6,9-14H,7-8,15-18H2,(H,28,32)(H,29,31). The summed E-state index contributed by atoms with van der Waals surface area (Å²) in [5.74, 6) is -1.06. The molecule has 0 saturated carbocycles. The van der Waals surface area contributed by atoms with Crippen LogP contribution in [0.25, 0.3) is 0 Å². The molecular weight excluding hydrogens is 421 g/mol. The van der Waals surface area contributed by atoms with Crippen molar-refractivity contribution in [2.45, 2.75) is 19.4 Å². The van der Waals surface area contributed by atoms with Crippen LogP contribution < -0.4 is 20.3 Å². The van der Waals surface area contributed by atoms with Gasteiger partial charge >= 0.3 is 0 Å². The SMILES string of the molecule is O=C(COc1ccccc1C(=O)NCc1ccccc1N1CCCC1)Nc1ccccc1F. The molecule has 1 aliphatic rings. The van der Waals surface area contributed by atoms with E-state index in [4.69, 9.17) is 4.74 Å². The Kier molecular flexibility index (Phi) is 7.19. The molecule has 2 amide bonds. The van der Waals surface area contributed by atoms with Gasteiger partial charge in [-0.3, -0.25) is 9.59 Å². The Morgan fingerprint density at radius 1 is 0.909 bits per heavy atom. The van der Waals surface area contributed by atoms with Crippen molar-refractivity contribution in [3.63, 3.8) is 0 Å². The summed E-state index contributed by atoms with van der Waals surface area (Å²) in [5, 5.41) is 5.42. The second-order valence-electron chi connectivity index (χ2n) is 7.82. The summed E-state index contributed by atoms with van der Waals surface area (Å²) in [6.45, 7) is 2.08. The number of hydrogen-bond donors (Lipinski definition) is 2. The Morgan fingerprint density at radius 3 is 2.42 bits per heavy atom. The third kappa shape index (κ3) is 5.68. The minimum Gasteiger partial charge on any atom is -0.483 e. The first-order valence-corrected chi connectivity index (χ1v) is 11.0. The van der Waals surface area contributed by atoms with Crippen LogP contribution in [0.3, 0.4) is 0 Å². The number of hydrogen-bond acceptors (Lipinski definition) is 4. The van der Waals surface area contributed by atoms with E-state index in [1.54, 1.807) is 36.4 Å². The Bertz CT molecular complexity index is 1130. The molecule has 1 heterocycles. The van der Waals surface area contributed by atoms with E-state index < -0.39 is 11.7 Å². The quantitative estimate of drug-likeness (QED) is 0.538. The predicted molar refractivity (Wildman–Crippen MR) is 126 cm³/mol. The van der Waals surface area contributed by atoms with Gasteiger partial charge in [0.25, 0.3) is 11.8 Å². The zero-order valence-electron chi connectivity index (χ0n) is 18.2. The van der Waals surface area contributed by atoms with Crippen LogP contribution >= 0.6 is 0 Å². The summed E-state index contributed by atoms with van der Waals surface area (Å²) in [5.41, 5.74) is 2.60. The number of rotatable bonds is 8. The van der Waals surface area contributed by atoms with Gasteiger partial charge in [-0.2, -0.15) is 0 Å². The second-order valence-corrected chi connectivity index (χ2v) is 7.82. The van der Waals surface area contributed by atoms with Crippen LogP contribution in [0.15, 0.2) is 72.8 Å². The highest BCUT2D eigenvalue weighted by Gasteiger charge is 2.17. The number of benzene rings is 3. The Hall–Kier alpha value is -3.87. The Labute approximate surface area is 192 Å². The first-order chi connectivity index (χ1) is 16.1. The van der Waals surface area contributed by atoms with Crippen LogP contribution in [-0.2, 0) is 11.3 Å². The van der Waals surface area contributed by atoms with Gasteiger partial charge in [0.1, 0.15) is 11.6 Å². The Morgan fingerprint density at radius 2 is 1.61 bits per heavy atom. The van der Waals surface area contributed by atoms with Crippen molar-refractivity contribution in [3.8, 4) is 5.75 Å². The second kappa shape index (κ2) is 10.6. The molecule has 0 atom stereocenters. The number of halogens is 1. The molecule has 0 spiro atoms. The molecular formula is C26H26FN3O3. The van der Waals surface area contributed by atoms with E-state index in [0.717, 1.165) is 24.3 Å². The predicted octanol–water partition coefficient (Wildman–Crippen LogP) is 4.37. The number of ether oxygens (including phenoxy) is 1. The van der Waals surface area contributed by atoms with Gasteiger partial charge in [0.2, 0.25) is 0 Å². The third-order valence-electron chi connectivity index (χ3n) is 5.52. The van der Waals surface area contributed by atoms with Crippen LogP contribution in [0.2, 0.25) is 0 Å². The van der Waals surface area contributed by atoms with Crippen molar-refractivity contribution in [2.75, 3.05) is 29.9 Å². The van der Waals surface area contributed by atoms with E-state index in [1.807, 2.05) is 18.2 Å². The fourth-order valence-corrected chi connectivity index (χ4v) is 3.87. The van der Waals surface area contributed by atoms with Gasteiger partial charge in [-0.1, -0.05) is 42.5 Å². The van der Waals surface area contributed by atoms with Crippen LogP contribution in [0.5, 0.6) is 5.75 Å². The number of carbonyl (C=O) groups excluding carboxylic acids is 2. The average molecular weight is 448 g/mol. The third-order valence-corrected chi connectivity index (χ3v) is 5.52. The molecule has 0 radical (unpaired) electrons. The average Bonchev–Trinajstić information content (AvgIpc) is 3.38. The molecule has 1 aliphatic heterocycles. The summed E-state index contributed by atoms with van der Waals surface area (Å²) >= 11 is 0. The van der Waals surface area contributed by atoms with Gasteiger partial charge in [0, 0.05) is 25.3 Å². The van der Waals surface area contributed by atoms with Gasteiger partial charge < -0.3 is 20.3 Å². The topological polar surface area (TPSA) is 70.7 Å². The molecule has 2 N–H and O–H groups in total.